The molecule has 16 heavy (non-hydrogen) atoms. The Bertz CT molecular complexity index is 240. The second-order valence-corrected chi connectivity index (χ2v) is 5.30. The molecule has 0 amide bonds. The molecule has 0 aromatic rings. The van der Waals surface area contributed by atoms with Crippen molar-refractivity contribution in [2.24, 2.45) is 11.8 Å². The van der Waals surface area contributed by atoms with Gasteiger partial charge in [-0.1, -0.05) is 6.92 Å². The maximum absolute atomic E-state index is 11.6. The lowest BCUT2D eigenvalue weighted by atomic mass is 9.89. The molecule has 0 aromatic carbocycles. The molecule has 1 unspecified atom stereocenters. The summed E-state index contributed by atoms with van der Waals surface area (Å²) >= 11 is 0. The fourth-order valence-electron chi connectivity index (χ4n) is 2.45. The van der Waals surface area contributed by atoms with Crippen LogP contribution in [-0.2, 0) is 14.3 Å². The molecule has 0 bridgehead atoms. The zero-order chi connectivity index (χ0) is 11.5. The van der Waals surface area contributed by atoms with Gasteiger partial charge in [-0.3, -0.25) is 0 Å². The molecule has 3 nitrogen and oxygen atoms in total. The Morgan fingerprint density at radius 1 is 1.12 bits per heavy atom. The van der Waals surface area contributed by atoms with Gasteiger partial charge in [-0.15, -0.1) is 0 Å². The fraction of sp³-hybridized carbons (Fsp3) is 0.923. The number of methoxy groups -OCH3 is 1. The zero-order valence-corrected chi connectivity index (χ0v) is 10.3. The number of esters is 1. The van der Waals surface area contributed by atoms with Crippen molar-refractivity contribution in [2.45, 2.75) is 57.7 Å². The molecule has 0 N–H and O–H groups in total. The number of hydrogen-bond acceptors (Lipinski definition) is 3. The van der Waals surface area contributed by atoms with Crippen molar-refractivity contribution in [3.63, 3.8) is 0 Å². The highest BCUT2D eigenvalue weighted by Crippen LogP contribution is 2.37. The normalized spacial score (nSPS) is 32.1. The van der Waals surface area contributed by atoms with Gasteiger partial charge in [-0.25, -0.2) is 4.79 Å². The minimum absolute atomic E-state index is 0.180. The Hall–Kier alpha value is -0.570. The Morgan fingerprint density at radius 2 is 1.75 bits per heavy atom. The topological polar surface area (TPSA) is 35.5 Å². The van der Waals surface area contributed by atoms with E-state index in [2.05, 4.69) is 6.92 Å². The molecular formula is C13H22O3. The van der Waals surface area contributed by atoms with Gasteiger partial charge in [0.05, 0.1) is 13.2 Å². The van der Waals surface area contributed by atoms with Crippen LogP contribution in [0.15, 0.2) is 0 Å². The van der Waals surface area contributed by atoms with Crippen molar-refractivity contribution in [1.82, 2.24) is 0 Å². The molecule has 0 heterocycles. The molecule has 92 valence electrons. The molecule has 1 atom stereocenters. The molecule has 2 aliphatic rings. The lowest BCUT2D eigenvalue weighted by molar-refractivity contribution is -0.161. The molecule has 2 fully saturated rings. The summed E-state index contributed by atoms with van der Waals surface area (Å²) < 4.78 is 10.8. The van der Waals surface area contributed by atoms with Crippen LogP contribution in [0.5, 0.6) is 0 Å². The lowest BCUT2D eigenvalue weighted by Gasteiger charge is -2.29. The van der Waals surface area contributed by atoms with Crippen molar-refractivity contribution in [1.29, 1.82) is 0 Å². The summed E-state index contributed by atoms with van der Waals surface area (Å²) in [4.78, 5) is 11.6. The predicted octanol–water partition coefficient (Wildman–Crippen LogP) is 2.53. The van der Waals surface area contributed by atoms with Crippen LogP contribution < -0.4 is 0 Å². The quantitative estimate of drug-likeness (QED) is 0.691. The average molecular weight is 226 g/mol. The predicted molar refractivity (Wildman–Crippen MR) is 61.0 cm³/mol. The van der Waals surface area contributed by atoms with Gasteiger partial charge in [0.2, 0.25) is 0 Å². The van der Waals surface area contributed by atoms with E-state index in [-0.39, 0.29) is 18.2 Å². The van der Waals surface area contributed by atoms with Gasteiger partial charge >= 0.3 is 5.97 Å². The second-order valence-electron chi connectivity index (χ2n) is 5.30. The van der Waals surface area contributed by atoms with Crippen LogP contribution in [0, 0.1) is 11.8 Å². The van der Waals surface area contributed by atoms with Gasteiger partial charge in [0, 0.05) is 0 Å². The molecular weight excluding hydrogens is 204 g/mol. The summed E-state index contributed by atoms with van der Waals surface area (Å²) in [5, 5.41) is 0. The van der Waals surface area contributed by atoms with Gasteiger partial charge < -0.3 is 9.47 Å². The summed E-state index contributed by atoms with van der Waals surface area (Å²) in [6.45, 7) is 2.29. The van der Waals surface area contributed by atoms with Crippen LogP contribution in [0.4, 0.5) is 0 Å². The number of hydrogen-bond donors (Lipinski definition) is 0. The van der Waals surface area contributed by atoms with Gasteiger partial charge in [0.1, 0.15) is 0 Å². The molecule has 0 spiro atoms. The lowest BCUT2D eigenvalue weighted by Crippen LogP contribution is -2.34. The largest absolute Gasteiger partial charge is 0.467 e. The summed E-state index contributed by atoms with van der Waals surface area (Å²) in [6.07, 6.45) is 6.87. The smallest absolute Gasteiger partial charge is 0.335 e. The van der Waals surface area contributed by atoms with Crippen LogP contribution in [0.3, 0.4) is 0 Å². The van der Waals surface area contributed by atoms with Crippen molar-refractivity contribution in [2.75, 3.05) is 7.11 Å². The van der Waals surface area contributed by atoms with Crippen molar-refractivity contribution in [3.8, 4) is 0 Å². The molecule has 0 aromatic heterocycles. The van der Waals surface area contributed by atoms with E-state index < -0.39 is 0 Å². The van der Waals surface area contributed by atoms with E-state index in [1.165, 1.54) is 20.0 Å². The summed E-state index contributed by atoms with van der Waals surface area (Å²) in [5.74, 6) is 1.06. The van der Waals surface area contributed by atoms with Crippen LogP contribution in [0.25, 0.3) is 0 Å². The molecule has 0 aliphatic heterocycles. The maximum atomic E-state index is 11.6. The van der Waals surface area contributed by atoms with Crippen LogP contribution in [0.2, 0.25) is 0 Å². The highest BCUT2D eigenvalue weighted by molar-refractivity contribution is 5.75. The van der Waals surface area contributed by atoms with Gasteiger partial charge in [-0.05, 0) is 50.4 Å². The second kappa shape index (κ2) is 5.17. The first-order chi connectivity index (χ1) is 7.70. The first-order valence-electron chi connectivity index (χ1n) is 6.44. The van der Waals surface area contributed by atoms with E-state index in [1.54, 1.807) is 0 Å². The van der Waals surface area contributed by atoms with Crippen LogP contribution >= 0.6 is 0 Å². The number of ether oxygens (including phenoxy) is 2. The summed E-state index contributed by atoms with van der Waals surface area (Å²) in [7, 11) is 1.45. The Morgan fingerprint density at radius 3 is 2.25 bits per heavy atom. The number of carbonyl (C=O) groups is 1. The first-order valence-corrected chi connectivity index (χ1v) is 6.44. The summed E-state index contributed by atoms with van der Waals surface area (Å²) in [5.41, 5.74) is 0. The van der Waals surface area contributed by atoms with Gasteiger partial charge in [-0.2, -0.15) is 0 Å². The van der Waals surface area contributed by atoms with E-state index in [9.17, 15) is 4.79 Å². The minimum atomic E-state index is -0.289. The standard InChI is InChI=1S/C13H22O3/c1-9-3-7-11(8-4-9)16-12(10-5-6-10)13(14)15-2/h9-12H,3-8H2,1-2H3. The molecule has 2 rings (SSSR count). The van der Waals surface area contributed by atoms with Crippen molar-refractivity contribution >= 4 is 5.97 Å². The van der Waals surface area contributed by atoms with E-state index in [1.807, 2.05) is 0 Å². The van der Waals surface area contributed by atoms with Crippen molar-refractivity contribution in [3.05, 3.63) is 0 Å². The fourth-order valence-corrected chi connectivity index (χ4v) is 2.45. The third-order valence-corrected chi connectivity index (χ3v) is 3.79. The van der Waals surface area contributed by atoms with E-state index >= 15 is 0 Å². The highest BCUT2D eigenvalue weighted by Gasteiger charge is 2.39. The third kappa shape index (κ3) is 2.97. The highest BCUT2D eigenvalue weighted by atomic mass is 16.6. The van der Waals surface area contributed by atoms with Gasteiger partial charge in [0.25, 0.3) is 0 Å². The Labute approximate surface area is 97.5 Å². The number of carbonyl (C=O) groups excluding carboxylic acids is 1. The molecule has 2 saturated carbocycles. The SMILES string of the molecule is COC(=O)C(OC1CCC(C)CC1)C1CC1. The van der Waals surface area contributed by atoms with Gasteiger partial charge in [0.15, 0.2) is 6.10 Å². The molecule has 2 aliphatic carbocycles. The van der Waals surface area contributed by atoms with Crippen LogP contribution in [-0.4, -0.2) is 25.3 Å². The van der Waals surface area contributed by atoms with E-state index in [0.29, 0.717) is 5.92 Å². The van der Waals surface area contributed by atoms with Crippen LogP contribution in [0.1, 0.15) is 45.4 Å². The molecule has 0 saturated heterocycles. The van der Waals surface area contributed by atoms with Crippen molar-refractivity contribution < 1.29 is 14.3 Å². The maximum Gasteiger partial charge on any atom is 0.335 e. The first kappa shape index (κ1) is 11.9. The minimum Gasteiger partial charge on any atom is -0.467 e. The molecule has 0 radical (unpaired) electrons. The zero-order valence-electron chi connectivity index (χ0n) is 10.3. The number of rotatable bonds is 4. The van der Waals surface area contributed by atoms with E-state index in [0.717, 1.165) is 31.6 Å². The average Bonchev–Trinajstić information content (AvgIpc) is 3.11. The Kier molecular flexibility index (Phi) is 3.85. The monoisotopic (exact) mass is 226 g/mol. The third-order valence-electron chi connectivity index (χ3n) is 3.79. The summed E-state index contributed by atoms with van der Waals surface area (Å²) in [6, 6.07) is 0. The Balaban J connectivity index is 1.83. The van der Waals surface area contributed by atoms with E-state index in [4.69, 9.17) is 9.47 Å². The molecule has 3 heteroatoms.